The fraction of sp³-hybridized carbons (Fsp3) is 0.500. The fourth-order valence-electron chi connectivity index (χ4n) is 1.35. The number of ether oxygens (including phenoxy) is 1. The number of carbonyl (C=O) groups excluding carboxylic acids is 2. The molecule has 0 aliphatic rings. The third-order valence-electron chi connectivity index (χ3n) is 2.18. The molecule has 0 saturated heterocycles. The van der Waals surface area contributed by atoms with Gasteiger partial charge in [0.1, 0.15) is 0 Å². The van der Waals surface area contributed by atoms with Gasteiger partial charge in [-0.1, -0.05) is 0 Å². The van der Waals surface area contributed by atoms with Crippen LogP contribution in [0.1, 0.15) is 24.6 Å². The molecule has 0 atom stereocenters. The van der Waals surface area contributed by atoms with E-state index in [-0.39, 0.29) is 24.7 Å². The predicted octanol–water partition coefficient (Wildman–Crippen LogP) is 2.51. The van der Waals surface area contributed by atoms with Crippen molar-refractivity contribution in [3.63, 3.8) is 0 Å². The summed E-state index contributed by atoms with van der Waals surface area (Å²) in [5.74, 6) is -0.437. The first-order chi connectivity index (χ1) is 8.61. The van der Waals surface area contributed by atoms with Crippen molar-refractivity contribution in [2.75, 3.05) is 13.2 Å². The number of carbonyl (C=O) groups is 2. The summed E-state index contributed by atoms with van der Waals surface area (Å²) >= 11 is 5.04. The summed E-state index contributed by atoms with van der Waals surface area (Å²) in [5, 5.41) is 2.78. The highest BCUT2D eigenvalue weighted by molar-refractivity contribution is 9.11. The highest BCUT2D eigenvalue weighted by Gasteiger charge is 2.07. The largest absolute Gasteiger partial charge is 0.466 e. The van der Waals surface area contributed by atoms with Gasteiger partial charge in [0.25, 0.3) is 0 Å². The molecule has 1 N–H and O–H groups in total. The van der Waals surface area contributed by atoms with E-state index in [0.29, 0.717) is 13.2 Å². The van der Waals surface area contributed by atoms with E-state index in [9.17, 15) is 9.59 Å². The zero-order valence-electron chi connectivity index (χ0n) is 10.2. The van der Waals surface area contributed by atoms with E-state index in [4.69, 9.17) is 4.74 Å². The molecule has 100 valence electrons. The van der Waals surface area contributed by atoms with Crippen LogP contribution in [0.15, 0.2) is 15.9 Å². The number of halogens is 1. The molecule has 0 bridgehead atoms. The first-order valence-corrected chi connectivity index (χ1v) is 7.39. The second-order valence-corrected chi connectivity index (χ2v) is 6.16. The quantitative estimate of drug-likeness (QED) is 0.780. The SMILES string of the molecule is CCOC(=O)CCC(=O)NCCc1ccc(Br)s1. The van der Waals surface area contributed by atoms with Crippen LogP contribution in [0.3, 0.4) is 0 Å². The maximum atomic E-state index is 11.4. The average molecular weight is 334 g/mol. The lowest BCUT2D eigenvalue weighted by Gasteiger charge is -2.04. The molecule has 0 unspecified atom stereocenters. The van der Waals surface area contributed by atoms with E-state index in [1.807, 2.05) is 12.1 Å². The van der Waals surface area contributed by atoms with Crippen LogP contribution in [-0.4, -0.2) is 25.0 Å². The van der Waals surface area contributed by atoms with Gasteiger partial charge in [0.15, 0.2) is 0 Å². The number of amides is 1. The van der Waals surface area contributed by atoms with Gasteiger partial charge in [-0.15, -0.1) is 11.3 Å². The van der Waals surface area contributed by atoms with Crippen molar-refractivity contribution in [3.8, 4) is 0 Å². The Bertz CT molecular complexity index is 406. The Morgan fingerprint density at radius 3 is 2.78 bits per heavy atom. The van der Waals surface area contributed by atoms with Crippen molar-refractivity contribution in [3.05, 3.63) is 20.8 Å². The van der Waals surface area contributed by atoms with E-state index in [1.165, 1.54) is 4.88 Å². The summed E-state index contributed by atoms with van der Waals surface area (Å²) in [4.78, 5) is 23.7. The monoisotopic (exact) mass is 333 g/mol. The molecular weight excluding hydrogens is 318 g/mol. The Kier molecular flexibility index (Phi) is 6.97. The van der Waals surface area contributed by atoms with E-state index in [1.54, 1.807) is 18.3 Å². The highest BCUT2D eigenvalue weighted by Crippen LogP contribution is 2.21. The standard InChI is InChI=1S/C12H16BrNO3S/c1-2-17-12(16)6-5-11(15)14-8-7-9-3-4-10(13)18-9/h3-4H,2,5-8H2,1H3,(H,14,15). The lowest BCUT2D eigenvalue weighted by molar-refractivity contribution is -0.144. The van der Waals surface area contributed by atoms with E-state index >= 15 is 0 Å². The molecule has 0 spiro atoms. The Labute approximate surface area is 119 Å². The van der Waals surface area contributed by atoms with Crippen LogP contribution in [0.5, 0.6) is 0 Å². The molecule has 1 heterocycles. The molecule has 1 rings (SSSR count). The molecule has 0 fully saturated rings. The van der Waals surface area contributed by atoms with Crippen molar-refractivity contribution in [2.45, 2.75) is 26.2 Å². The highest BCUT2D eigenvalue weighted by atomic mass is 79.9. The lowest BCUT2D eigenvalue weighted by Crippen LogP contribution is -2.26. The van der Waals surface area contributed by atoms with Crippen molar-refractivity contribution >= 4 is 39.1 Å². The topological polar surface area (TPSA) is 55.4 Å². The maximum absolute atomic E-state index is 11.4. The number of esters is 1. The van der Waals surface area contributed by atoms with Crippen LogP contribution in [0.4, 0.5) is 0 Å². The van der Waals surface area contributed by atoms with Gasteiger partial charge in [-0.2, -0.15) is 0 Å². The first kappa shape index (κ1) is 15.2. The molecule has 0 saturated carbocycles. The number of hydrogen-bond donors (Lipinski definition) is 1. The summed E-state index contributed by atoms with van der Waals surface area (Å²) < 4.78 is 5.84. The Morgan fingerprint density at radius 2 is 2.17 bits per heavy atom. The molecule has 0 radical (unpaired) electrons. The van der Waals surface area contributed by atoms with Gasteiger partial charge in [0.05, 0.1) is 16.8 Å². The van der Waals surface area contributed by atoms with Crippen LogP contribution >= 0.6 is 27.3 Å². The number of nitrogens with one attached hydrogen (secondary N) is 1. The van der Waals surface area contributed by atoms with Crippen LogP contribution < -0.4 is 5.32 Å². The molecule has 0 aliphatic carbocycles. The minimum Gasteiger partial charge on any atom is -0.466 e. The van der Waals surface area contributed by atoms with Gasteiger partial charge in [0.2, 0.25) is 5.91 Å². The summed E-state index contributed by atoms with van der Waals surface area (Å²) in [6.45, 7) is 2.69. The molecule has 1 aromatic rings. The smallest absolute Gasteiger partial charge is 0.306 e. The van der Waals surface area contributed by atoms with Gasteiger partial charge < -0.3 is 10.1 Å². The van der Waals surface area contributed by atoms with Crippen molar-refractivity contribution in [1.82, 2.24) is 5.32 Å². The summed E-state index contributed by atoms with van der Waals surface area (Å²) in [7, 11) is 0. The third-order valence-corrected chi connectivity index (χ3v) is 3.87. The Hall–Kier alpha value is -0.880. The first-order valence-electron chi connectivity index (χ1n) is 5.78. The Morgan fingerprint density at radius 1 is 1.39 bits per heavy atom. The van der Waals surface area contributed by atoms with Crippen molar-refractivity contribution < 1.29 is 14.3 Å². The van der Waals surface area contributed by atoms with Crippen LogP contribution in [0.2, 0.25) is 0 Å². The molecule has 1 aromatic heterocycles. The molecule has 0 aromatic carbocycles. The Balaban J connectivity index is 2.12. The van der Waals surface area contributed by atoms with Crippen LogP contribution in [0, 0.1) is 0 Å². The molecule has 18 heavy (non-hydrogen) atoms. The van der Waals surface area contributed by atoms with Gasteiger partial charge in [-0.25, -0.2) is 0 Å². The molecule has 1 amide bonds. The second-order valence-electron chi connectivity index (χ2n) is 3.61. The van der Waals surface area contributed by atoms with Crippen molar-refractivity contribution in [1.29, 1.82) is 0 Å². The average Bonchev–Trinajstić information content (AvgIpc) is 2.73. The summed E-state index contributed by atoms with van der Waals surface area (Å²) in [6.07, 6.45) is 1.14. The summed E-state index contributed by atoms with van der Waals surface area (Å²) in [6, 6.07) is 4.02. The van der Waals surface area contributed by atoms with Crippen LogP contribution in [0.25, 0.3) is 0 Å². The fourth-order valence-corrected chi connectivity index (χ4v) is 2.83. The minimum atomic E-state index is -0.324. The zero-order valence-corrected chi connectivity index (χ0v) is 12.6. The summed E-state index contributed by atoms with van der Waals surface area (Å²) in [5.41, 5.74) is 0. The number of hydrogen-bond acceptors (Lipinski definition) is 4. The molecular formula is C12H16BrNO3S. The van der Waals surface area contributed by atoms with Crippen LogP contribution in [-0.2, 0) is 20.7 Å². The molecule has 6 heteroatoms. The molecule has 4 nitrogen and oxygen atoms in total. The van der Waals surface area contributed by atoms with Crippen molar-refractivity contribution in [2.24, 2.45) is 0 Å². The van der Waals surface area contributed by atoms with E-state index < -0.39 is 0 Å². The number of rotatable bonds is 7. The zero-order chi connectivity index (χ0) is 13.4. The second kappa shape index (κ2) is 8.26. The van der Waals surface area contributed by atoms with Gasteiger partial charge in [-0.3, -0.25) is 9.59 Å². The minimum absolute atomic E-state index is 0.112. The van der Waals surface area contributed by atoms with Gasteiger partial charge in [-0.05, 0) is 41.4 Å². The lowest BCUT2D eigenvalue weighted by atomic mass is 10.3. The van der Waals surface area contributed by atoms with E-state index in [0.717, 1.165) is 10.2 Å². The normalized spacial score (nSPS) is 10.1. The van der Waals surface area contributed by atoms with Gasteiger partial charge >= 0.3 is 5.97 Å². The maximum Gasteiger partial charge on any atom is 0.306 e. The van der Waals surface area contributed by atoms with Gasteiger partial charge in [0, 0.05) is 17.8 Å². The number of thiophene rings is 1. The molecule has 0 aliphatic heterocycles. The predicted molar refractivity (Wildman–Crippen MR) is 74.6 cm³/mol. The van der Waals surface area contributed by atoms with E-state index in [2.05, 4.69) is 21.2 Å². The third kappa shape index (κ3) is 6.16.